The molecule has 0 spiro atoms. The fraction of sp³-hybridized carbons (Fsp3) is 0. The van der Waals surface area contributed by atoms with Gasteiger partial charge >= 0.3 is 0 Å². The Kier molecular flexibility index (Phi) is 8.15. The van der Waals surface area contributed by atoms with Crippen LogP contribution in [-0.4, -0.2) is 14.5 Å². The van der Waals surface area contributed by atoms with Gasteiger partial charge in [-0.25, -0.2) is 9.97 Å². The summed E-state index contributed by atoms with van der Waals surface area (Å²) >= 11 is 1.92. The molecule has 306 valence electrons. The molecule has 14 rings (SSSR count). The number of nitrogens with zero attached hydrogens (tertiary/aromatic N) is 3. The van der Waals surface area contributed by atoms with Crippen molar-refractivity contribution in [3.8, 4) is 50.7 Å². The summed E-state index contributed by atoms with van der Waals surface area (Å²) in [6.45, 7) is 0. The zero-order valence-corrected chi connectivity index (χ0v) is 36.4. The Bertz CT molecular complexity index is 4200. The molecule has 0 aliphatic heterocycles. The lowest BCUT2D eigenvalue weighted by molar-refractivity contribution is 1.17. The molecule has 0 amide bonds. The first-order valence-corrected chi connectivity index (χ1v) is 23.3. The molecule has 0 radical (unpaired) electrons. The Morgan fingerprint density at radius 1 is 0.333 bits per heavy atom. The van der Waals surface area contributed by atoms with Gasteiger partial charge in [0.2, 0.25) is 0 Å². The quantitative estimate of drug-likeness (QED) is 0.162. The van der Waals surface area contributed by atoms with E-state index in [0.29, 0.717) is 5.82 Å². The normalized spacial score (nSPS) is 11.9. The molecule has 3 nitrogen and oxygen atoms in total. The first-order chi connectivity index (χ1) is 32.7. The van der Waals surface area contributed by atoms with Gasteiger partial charge in [0.1, 0.15) is 0 Å². The number of thiophene rings is 1. The van der Waals surface area contributed by atoms with Crippen molar-refractivity contribution in [2.75, 3.05) is 0 Å². The van der Waals surface area contributed by atoms with Crippen molar-refractivity contribution in [3.05, 3.63) is 224 Å². The fourth-order valence-electron chi connectivity index (χ4n) is 10.6. The van der Waals surface area contributed by atoms with Crippen LogP contribution in [0.5, 0.6) is 0 Å². The molecule has 3 aromatic heterocycles. The van der Waals surface area contributed by atoms with Gasteiger partial charge < -0.3 is 4.57 Å². The molecule has 0 fully saturated rings. The van der Waals surface area contributed by atoms with E-state index < -0.39 is 0 Å². The molecule has 0 bridgehead atoms. The summed E-state index contributed by atoms with van der Waals surface area (Å²) in [7, 11) is 0. The van der Waals surface area contributed by atoms with E-state index in [0.717, 1.165) is 33.8 Å². The Morgan fingerprint density at radius 2 is 0.848 bits per heavy atom. The van der Waals surface area contributed by atoms with Gasteiger partial charge in [-0.15, -0.1) is 11.3 Å². The molecule has 0 aliphatic carbocycles. The van der Waals surface area contributed by atoms with Gasteiger partial charge in [-0.2, -0.15) is 0 Å². The highest BCUT2D eigenvalue weighted by Gasteiger charge is 2.25. The highest BCUT2D eigenvalue weighted by molar-refractivity contribution is 7.27. The van der Waals surface area contributed by atoms with E-state index in [2.05, 4.69) is 205 Å². The van der Waals surface area contributed by atoms with Crippen LogP contribution in [0.1, 0.15) is 0 Å². The summed E-state index contributed by atoms with van der Waals surface area (Å²) in [6.07, 6.45) is 0. The van der Waals surface area contributed by atoms with Crippen LogP contribution < -0.4 is 0 Å². The van der Waals surface area contributed by atoms with E-state index in [1.807, 2.05) is 35.6 Å². The van der Waals surface area contributed by atoms with Gasteiger partial charge in [0.15, 0.2) is 5.82 Å². The minimum Gasteiger partial charge on any atom is -0.308 e. The molecular weight excluding hydrogens is 819 g/mol. The third-order valence-corrected chi connectivity index (χ3v) is 14.7. The van der Waals surface area contributed by atoms with Crippen molar-refractivity contribution in [2.45, 2.75) is 0 Å². The van der Waals surface area contributed by atoms with E-state index in [1.165, 1.54) is 96.2 Å². The number of hydrogen-bond acceptors (Lipinski definition) is 3. The molecule has 4 heteroatoms. The molecule has 66 heavy (non-hydrogen) atoms. The zero-order chi connectivity index (χ0) is 43.3. The second-order valence-electron chi connectivity index (χ2n) is 17.2. The van der Waals surface area contributed by atoms with E-state index in [4.69, 9.17) is 9.97 Å². The van der Waals surface area contributed by atoms with Crippen LogP contribution in [0.3, 0.4) is 0 Å². The minimum atomic E-state index is 0.708. The van der Waals surface area contributed by atoms with E-state index in [9.17, 15) is 0 Å². The highest BCUT2D eigenvalue weighted by Crippen LogP contribution is 2.52. The number of aromatic nitrogens is 3. The molecule has 3 heterocycles. The average molecular weight is 856 g/mol. The Labute approximate surface area is 384 Å². The maximum atomic E-state index is 5.19. The number of fused-ring (bicyclic) bond motifs is 16. The number of rotatable bonds is 5. The van der Waals surface area contributed by atoms with Crippen LogP contribution in [-0.2, 0) is 0 Å². The van der Waals surface area contributed by atoms with Crippen molar-refractivity contribution in [3.63, 3.8) is 0 Å². The average Bonchev–Trinajstić information content (AvgIpc) is 3.96. The standard InChI is InChI=1S/C62H37N3S/c1-3-17-39(18-4-1)53-37-54(64-62(63-53)41-19-5-2-6-20-41)40-30-33-43(34-31-40)65-59-50-27-13-10-24-47(50)46-23-9-11-25-48(46)57(59)58-60(65)51-28-14-12-26-49(51)56-52-36-42(32-35-55(52)66-61(56)58)45-29-15-21-38-16-7-8-22-44(38)45/h1-37H. The SMILES string of the molecule is c1ccc(-c2cc(-c3ccc(-n4c5c6ccccc6c6ccccc6c5c5c6sc7ccc(-c8cccc9ccccc89)cc7c6c6ccccc6c54)cc3)nc(-c3ccccc3)n2)cc1. The molecular formula is C62H37N3S. The summed E-state index contributed by atoms with van der Waals surface area (Å²) < 4.78 is 5.16. The monoisotopic (exact) mass is 855 g/mol. The predicted octanol–water partition coefficient (Wildman–Crippen LogP) is 17.2. The Hall–Kier alpha value is -8.44. The van der Waals surface area contributed by atoms with Gasteiger partial charge in [-0.1, -0.05) is 194 Å². The van der Waals surface area contributed by atoms with Gasteiger partial charge in [-0.3, -0.25) is 0 Å². The third-order valence-electron chi connectivity index (χ3n) is 13.6. The second kappa shape index (κ2) is 14.5. The smallest absolute Gasteiger partial charge is 0.160 e. The first kappa shape index (κ1) is 37.0. The van der Waals surface area contributed by atoms with E-state index in [1.54, 1.807) is 0 Å². The van der Waals surface area contributed by atoms with E-state index >= 15 is 0 Å². The molecule has 0 unspecified atom stereocenters. The lowest BCUT2D eigenvalue weighted by Crippen LogP contribution is -1.97. The summed E-state index contributed by atoms with van der Waals surface area (Å²) in [5, 5.41) is 15.2. The predicted molar refractivity (Wildman–Crippen MR) is 281 cm³/mol. The number of benzene rings is 11. The molecule has 14 aromatic rings. The maximum absolute atomic E-state index is 5.19. The topological polar surface area (TPSA) is 30.7 Å². The van der Waals surface area contributed by atoms with Crippen molar-refractivity contribution in [2.24, 2.45) is 0 Å². The van der Waals surface area contributed by atoms with Crippen molar-refractivity contribution in [1.82, 2.24) is 14.5 Å². The summed E-state index contributed by atoms with van der Waals surface area (Å²) in [6, 6.07) is 81.3. The van der Waals surface area contributed by atoms with Crippen LogP contribution >= 0.6 is 11.3 Å². The van der Waals surface area contributed by atoms with Crippen molar-refractivity contribution < 1.29 is 0 Å². The van der Waals surface area contributed by atoms with Crippen LogP contribution in [0.4, 0.5) is 0 Å². The van der Waals surface area contributed by atoms with Crippen LogP contribution in [0.25, 0.3) is 136 Å². The van der Waals surface area contributed by atoms with Gasteiger partial charge in [0.05, 0.1) is 22.4 Å². The lowest BCUT2D eigenvalue weighted by atomic mass is 9.94. The lowest BCUT2D eigenvalue weighted by Gasteiger charge is -2.14. The van der Waals surface area contributed by atoms with Crippen LogP contribution in [0.2, 0.25) is 0 Å². The Balaban J connectivity index is 1.07. The Morgan fingerprint density at radius 3 is 1.56 bits per heavy atom. The second-order valence-corrected chi connectivity index (χ2v) is 18.3. The maximum Gasteiger partial charge on any atom is 0.160 e. The van der Waals surface area contributed by atoms with Crippen LogP contribution in [0.15, 0.2) is 224 Å². The first-order valence-electron chi connectivity index (χ1n) is 22.5. The summed E-state index contributed by atoms with van der Waals surface area (Å²) in [5.41, 5.74) is 10.9. The number of hydrogen-bond donors (Lipinski definition) is 0. The summed E-state index contributed by atoms with van der Waals surface area (Å²) in [4.78, 5) is 10.3. The molecule has 0 aliphatic rings. The third kappa shape index (κ3) is 5.55. The molecule has 0 saturated heterocycles. The molecule has 0 atom stereocenters. The highest BCUT2D eigenvalue weighted by atomic mass is 32.1. The van der Waals surface area contributed by atoms with Gasteiger partial charge in [0.25, 0.3) is 0 Å². The van der Waals surface area contributed by atoms with Crippen molar-refractivity contribution in [1.29, 1.82) is 0 Å². The molecule has 0 saturated carbocycles. The summed E-state index contributed by atoms with van der Waals surface area (Å²) in [5.74, 6) is 0.708. The zero-order valence-electron chi connectivity index (χ0n) is 35.6. The molecule has 0 N–H and O–H groups in total. The minimum absolute atomic E-state index is 0.708. The van der Waals surface area contributed by atoms with Gasteiger partial charge in [0, 0.05) is 64.1 Å². The van der Waals surface area contributed by atoms with E-state index in [-0.39, 0.29) is 0 Å². The molecule has 11 aromatic carbocycles. The largest absolute Gasteiger partial charge is 0.308 e. The van der Waals surface area contributed by atoms with Crippen LogP contribution in [0, 0.1) is 0 Å². The fourth-order valence-corrected chi connectivity index (χ4v) is 11.9. The van der Waals surface area contributed by atoms with Crippen molar-refractivity contribution >= 4 is 96.4 Å². The van der Waals surface area contributed by atoms with Gasteiger partial charge in [-0.05, 0) is 73.8 Å².